The summed E-state index contributed by atoms with van der Waals surface area (Å²) in [5.41, 5.74) is 0.0299. The van der Waals surface area contributed by atoms with Crippen molar-refractivity contribution in [2.24, 2.45) is 35.0 Å². The summed E-state index contributed by atoms with van der Waals surface area (Å²) in [6, 6.07) is 0. The summed E-state index contributed by atoms with van der Waals surface area (Å²) in [6.45, 7) is 2.26. The van der Waals surface area contributed by atoms with Crippen LogP contribution in [0.1, 0.15) is 64.7 Å². The fraction of sp³-hybridized carbons (Fsp3) is 0.944. The summed E-state index contributed by atoms with van der Waals surface area (Å²) in [5, 5.41) is 9.93. The van der Waals surface area contributed by atoms with Gasteiger partial charge in [0.1, 0.15) is 5.78 Å². The molecule has 0 aliphatic heterocycles. The van der Waals surface area contributed by atoms with Crippen molar-refractivity contribution >= 4 is 5.78 Å². The fourth-order valence-electron chi connectivity index (χ4n) is 6.60. The molecule has 0 saturated heterocycles. The minimum atomic E-state index is -0.0327. The highest BCUT2D eigenvalue weighted by molar-refractivity contribution is 5.87. The quantitative estimate of drug-likeness (QED) is 0.734. The van der Waals surface area contributed by atoms with E-state index in [0.717, 1.165) is 55.8 Å². The van der Waals surface area contributed by atoms with E-state index >= 15 is 0 Å². The van der Waals surface area contributed by atoms with Crippen molar-refractivity contribution in [2.45, 2.75) is 70.8 Å². The molecule has 7 atom stereocenters. The predicted octanol–water partition coefficient (Wildman–Crippen LogP) is 3.57. The van der Waals surface area contributed by atoms with Gasteiger partial charge in [0.2, 0.25) is 0 Å². The van der Waals surface area contributed by atoms with Crippen LogP contribution in [-0.4, -0.2) is 17.0 Å². The number of carbonyl (C=O) groups excluding carboxylic acids is 1. The molecule has 1 N–H and O–H groups in total. The van der Waals surface area contributed by atoms with Crippen molar-refractivity contribution < 1.29 is 9.90 Å². The number of carbonyl (C=O) groups is 1. The smallest absolute Gasteiger partial charge is 0.139 e. The lowest BCUT2D eigenvalue weighted by atomic mass is 9.50. The molecule has 20 heavy (non-hydrogen) atoms. The fourth-order valence-corrected chi connectivity index (χ4v) is 6.60. The van der Waals surface area contributed by atoms with Crippen molar-refractivity contribution in [2.75, 3.05) is 0 Å². The third-order valence-corrected chi connectivity index (χ3v) is 7.64. The zero-order valence-electron chi connectivity index (χ0n) is 12.7. The average molecular weight is 276 g/mol. The molecule has 0 unspecified atom stereocenters. The second-order valence-corrected chi connectivity index (χ2v) is 8.32. The summed E-state index contributed by atoms with van der Waals surface area (Å²) in [6.07, 6.45) is 10.3. The summed E-state index contributed by atoms with van der Waals surface area (Å²) in [5.74, 6) is 4.56. The van der Waals surface area contributed by atoms with Crippen LogP contribution in [-0.2, 0) is 4.79 Å². The predicted molar refractivity (Wildman–Crippen MR) is 78.1 cm³/mol. The van der Waals surface area contributed by atoms with E-state index in [4.69, 9.17) is 0 Å². The number of ketones is 1. The van der Waals surface area contributed by atoms with Crippen LogP contribution >= 0.6 is 0 Å². The van der Waals surface area contributed by atoms with Crippen LogP contribution in [0.15, 0.2) is 0 Å². The van der Waals surface area contributed by atoms with Crippen LogP contribution in [0.2, 0.25) is 0 Å². The normalized spacial score (nSPS) is 55.0. The first kappa shape index (κ1) is 13.3. The molecule has 0 aromatic carbocycles. The van der Waals surface area contributed by atoms with E-state index < -0.39 is 0 Å². The molecule has 4 fully saturated rings. The zero-order valence-corrected chi connectivity index (χ0v) is 12.7. The Balaban J connectivity index is 1.58. The van der Waals surface area contributed by atoms with Crippen molar-refractivity contribution in [3.63, 3.8) is 0 Å². The molecule has 112 valence electrons. The van der Waals surface area contributed by atoms with E-state index in [1.807, 2.05) is 0 Å². The summed E-state index contributed by atoms with van der Waals surface area (Å²) >= 11 is 0. The minimum Gasteiger partial charge on any atom is -0.393 e. The number of fused-ring (bicyclic) bond motifs is 5. The van der Waals surface area contributed by atoms with Crippen LogP contribution in [0.4, 0.5) is 0 Å². The maximum absolute atomic E-state index is 12.3. The van der Waals surface area contributed by atoms with E-state index in [1.165, 1.54) is 25.7 Å². The van der Waals surface area contributed by atoms with E-state index in [1.54, 1.807) is 0 Å². The van der Waals surface area contributed by atoms with Crippen LogP contribution < -0.4 is 0 Å². The largest absolute Gasteiger partial charge is 0.393 e. The van der Waals surface area contributed by atoms with Crippen LogP contribution in [0, 0.1) is 35.0 Å². The Kier molecular flexibility index (Phi) is 3.03. The first-order chi connectivity index (χ1) is 9.59. The number of hydrogen-bond acceptors (Lipinski definition) is 2. The number of rotatable bonds is 0. The van der Waals surface area contributed by atoms with Gasteiger partial charge in [0.15, 0.2) is 0 Å². The number of hydrogen-bond donors (Lipinski definition) is 1. The number of aliphatic hydroxyl groups is 1. The third-order valence-electron chi connectivity index (χ3n) is 7.64. The highest BCUT2D eigenvalue weighted by Crippen LogP contribution is 2.61. The summed E-state index contributed by atoms with van der Waals surface area (Å²) < 4.78 is 0. The van der Waals surface area contributed by atoms with Crippen LogP contribution in [0.3, 0.4) is 0 Å². The monoisotopic (exact) mass is 276 g/mol. The molecule has 0 bridgehead atoms. The first-order valence-electron chi connectivity index (χ1n) is 8.81. The van der Waals surface area contributed by atoms with Crippen LogP contribution in [0.25, 0.3) is 0 Å². The Labute approximate surface area is 122 Å². The van der Waals surface area contributed by atoms with Crippen molar-refractivity contribution in [1.29, 1.82) is 0 Å². The maximum Gasteiger partial charge on any atom is 0.139 e. The highest BCUT2D eigenvalue weighted by Gasteiger charge is 2.56. The molecule has 0 amide bonds. The van der Waals surface area contributed by atoms with Gasteiger partial charge in [-0.25, -0.2) is 0 Å². The van der Waals surface area contributed by atoms with Crippen molar-refractivity contribution in [3.05, 3.63) is 0 Å². The molecule has 4 rings (SSSR count). The SMILES string of the molecule is C[C@]12CC[C@H]3[C@@H](CC[C@@H]4C[C@@H](O)CC[C@@H]43)[C@@H]1CCC2=O. The van der Waals surface area contributed by atoms with Gasteiger partial charge in [-0.2, -0.15) is 0 Å². The molecule has 2 heteroatoms. The molecule has 2 nitrogen and oxygen atoms in total. The van der Waals surface area contributed by atoms with Gasteiger partial charge < -0.3 is 5.11 Å². The number of aliphatic hydroxyl groups excluding tert-OH is 1. The molecule has 0 heterocycles. The molecular weight excluding hydrogens is 248 g/mol. The third kappa shape index (κ3) is 1.76. The second kappa shape index (κ2) is 4.56. The molecule has 0 spiro atoms. The average Bonchev–Trinajstić information content (AvgIpc) is 2.74. The molecular formula is C18H28O2. The summed E-state index contributed by atoms with van der Waals surface area (Å²) in [4.78, 5) is 12.3. The zero-order chi connectivity index (χ0) is 13.9. The molecule has 0 radical (unpaired) electrons. The van der Waals surface area contributed by atoms with Gasteiger partial charge in [-0.15, -0.1) is 0 Å². The van der Waals surface area contributed by atoms with E-state index in [0.29, 0.717) is 11.7 Å². The van der Waals surface area contributed by atoms with Gasteiger partial charge in [-0.3, -0.25) is 4.79 Å². The van der Waals surface area contributed by atoms with Gasteiger partial charge >= 0.3 is 0 Å². The molecule has 4 aliphatic carbocycles. The van der Waals surface area contributed by atoms with Crippen molar-refractivity contribution in [3.8, 4) is 0 Å². The Morgan fingerprint density at radius 3 is 2.65 bits per heavy atom. The molecule has 4 saturated carbocycles. The van der Waals surface area contributed by atoms with Gasteiger partial charge in [-0.05, 0) is 81.0 Å². The number of Topliss-reactive ketones (excluding diaryl/α,β-unsaturated/α-hetero) is 1. The minimum absolute atomic E-state index is 0.0299. The lowest BCUT2D eigenvalue weighted by Gasteiger charge is -2.54. The first-order valence-corrected chi connectivity index (χ1v) is 8.81. The van der Waals surface area contributed by atoms with Gasteiger partial charge in [-0.1, -0.05) is 6.92 Å². The van der Waals surface area contributed by atoms with Gasteiger partial charge in [0, 0.05) is 11.8 Å². The lowest BCUT2D eigenvalue weighted by Crippen LogP contribution is -2.49. The lowest BCUT2D eigenvalue weighted by molar-refractivity contribution is -0.133. The maximum atomic E-state index is 12.3. The van der Waals surface area contributed by atoms with E-state index in [2.05, 4.69) is 6.92 Å². The van der Waals surface area contributed by atoms with E-state index in [-0.39, 0.29) is 11.5 Å². The Morgan fingerprint density at radius 2 is 1.80 bits per heavy atom. The second-order valence-electron chi connectivity index (χ2n) is 8.32. The Hall–Kier alpha value is -0.370. The summed E-state index contributed by atoms with van der Waals surface area (Å²) in [7, 11) is 0. The van der Waals surface area contributed by atoms with Crippen molar-refractivity contribution in [1.82, 2.24) is 0 Å². The Morgan fingerprint density at radius 1 is 1.00 bits per heavy atom. The topological polar surface area (TPSA) is 37.3 Å². The molecule has 4 aliphatic rings. The highest BCUT2D eigenvalue weighted by atomic mass is 16.3. The van der Waals surface area contributed by atoms with Gasteiger partial charge in [0.25, 0.3) is 0 Å². The molecule has 0 aromatic heterocycles. The van der Waals surface area contributed by atoms with E-state index in [9.17, 15) is 9.90 Å². The van der Waals surface area contributed by atoms with Gasteiger partial charge in [0.05, 0.1) is 6.10 Å². The molecule has 0 aromatic rings. The van der Waals surface area contributed by atoms with Crippen LogP contribution in [0.5, 0.6) is 0 Å². The Bertz CT molecular complexity index is 418. The standard InChI is InChI=1S/C18H28O2/c1-18-9-8-14-13-5-3-12(19)10-11(13)2-4-15(14)16(18)6-7-17(18)20/h11-16,19H,2-10H2,1H3/t11-,12+,13+,14-,15-,16+,18+/m1/s1.